The molecule has 0 saturated carbocycles. The van der Waals surface area contributed by atoms with Crippen LogP contribution in [0.3, 0.4) is 0 Å². The summed E-state index contributed by atoms with van der Waals surface area (Å²) >= 11 is 0. The summed E-state index contributed by atoms with van der Waals surface area (Å²) in [7, 11) is 1.48. The summed E-state index contributed by atoms with van der Waals surface area (Å²) < 4.78 is 12.6. The number of hydrogen-bond donors (Lipinski definition) is 2. The van der Waals surface area contributed by atoms with Crippen LogP contribution in [-0.2, 0) is 9.59 Å². The zero-order chi connectivity index (χ0) is 26.0. The first-order valence-corrected chi connectivity index (χ1v) is 11.7. The Hall–Kier alpha value is -4.92. The van der Waals surface area contributed by atoms with Crippen LogP contribution in [0.5, 0.6) is 11.5 Å². The molecule has 9 heteroatoms. The number of nitrogens with zero attached hydrogens (tertiary/aromatic N) is 3. The fourth-order valence-electron chi connectivity index (χ4n) is 3.49. The number of ether oxygens (including phenoxy) is 2. The van der Waals surface area contributed by atoms with E-state index in [1.807, 2.05) is 54.6 Å². The molecule has 4 rings (SSSR count). The van der Waals surface area contributed by atoms with Crippen molar-refractivity contribution in [3.63, 3.8) is 0 Å². The second-order valence-electron chi connectivity index (χ2n) is 7.94. The van der Waals surface area contributed by atoms with Gasteiger partial charge in [0.1, 0.15) is 17.2 Å². The zero-order valence-corrected chi connectivity index (χ0v) is 20.5. The van der Waals surface area contributed by atoms with Gasteiger partial charge in [0.25, 0.3) is 0 Å². The molecule has 0 aliphatic rings. The summed E-state index contributed by atoms with van der Waals surface area (Å²) in [6.45, 7) is 2.70. The first-order chi connectivity index (χ1) is 18.1. The fourth-order valence-corrected chi connectivity index (χ4v) is 3.49. The van der Waals surface area contributed by atoms with Crippen molar-refractivity contribution in [2.45, 2.75) is 13.3 Å². The number of para-hydroxylation sites is 3. The molecule has 37 heavy (non-hydrogen) atoms. The van der Waals surface area contributed by atoms with E-state index < -0.39 is 11.8 Å². The highest BCUT2D eigenvalue weighted by molar-refractivity contribution is 6.39. The third-order valence-corrected chi connectivity index (χ3v) is 5.30. The molecule has 0 radical (unpaired) electrons. The zero-order valence-electron chi connectivity index (χ0n) is 20.5. The number of hydrazone groups is 1. The Bertz CT molecular complexity index is 1380. The normalized spacial score (nSPS) is 10.8. The van der Waals surface area contributed by atoms with Gasteiger partial charge in [-0.05, 0) is 55.0 Å². The number of amides is 2. The van der Waals surface area contributed by atoms with E-state index in [1.54, 1.807) is 35.1 Å². The third-order valence-electron chi connectivity index (χ3n) is 5.30. The van der Waals surface area contributed by atoms with E-state index >= 15 is 0 Å². The van der Waals surface area contributed by atoms with Crippen LogP contribution >= 0.6 is 0 Å². The van der Waals surface area contributed by atoms with Crippen molar-refractivity contribution in [1.29, 1.82) is 0 Å². The number of methoxy groups -OCH3 is 1. The quantitative estimate of drug-likeness (QED) is 0.202. The number of hydrogen-bond acceptors (Lipinski definition) is 6. The predicted octanol–water partition coefficient (Wildman–Crippen LogP) is 4.43. The maximum atomic E-state index is 12.3. The average molecular weight is 498 g/mol. The van der Waals surface area contributed by atoms with Crippen molar-refractivity contribution in [2.24, 2.45) is 5.10 Å². The van der Waals surface area contributed by atoms with Gasteiger partial charge >= 0.3 is 11.8 Å². The molecule has 0 aliphatic carbocycles. The summed E-state index contributed by atoms with van der Waals surface area (Å²) in [5, 5.41) is 11.2. The van der Waals surface area contributed by atoms with Crippen molar-refractivity contribution in [1.82, 2.24) is 15.2 Å². The molecule has 9 nitrogen and oxygen atoms in total. The molecular weight excluding hydrogens is 470 g/mol. The minimum Gasteiger partial charge on any atom is -0.495 e. The third kappa shape index (κ3) is 6.40. The van der Waals surface area contributed by atoms with Gasteiger partial charge in [0.05, 0.1) is 31.3 Å². The summed E-state index contributed by atoms with van der Waals surface area (Å²) in [6, 6.07) is 24.0. The smallest absolute Gasteiger partial charge is 0.329 e. The molecule has 2 amide bonds. The van der Waals surface area contributed by atoms with Crippen LogP contribution in [0.15, 0.2) is 90.2 Å². The molecule has 0 atom stereocenters. The van der Waals surface area contributed by atoms with Crippen molar-refractivity contribution in [3.8, 4) is 28.4 Å². The minimum atomic E-state index is -0.920. The van der Waals surface area contributed by atoms with E-state index in [0.717, 1.165) is 23.4 Å². The Morgan fingerprint density at radius 3 is 2.43 bits per heavy atom. The van der Waals surface area contributed by atoms with E-state index in [2.05, 4.69) is 22.8 Å². The maximum absolute atomic E-state index is 12.3. The van der Waals surface area contributed by atoms with Gasteiger partial charge in [-0.2, -0.15) is 10.2 Å². The van der Waals surface area contributed by atoms with E-state index in [4.69, 9.17) is 14.6 Å². The van der Waals surface area contributed by atoms with Gasteiger partial charge in [0, 0.05) is 17.3 Å². The minimum absolute atomic E-state index is 0.381. The van der Waals surface area contributed by atoms with Crippen LogP contribution in [-0.4, -0.2) is 41.5 Å². The summed E-state index contributed by atoms with van der Waals surface area (Å²) in [5.74, 6) is -0.575. The topological polar surface area (TPSA) is 107 Å². The highest BCUT2D eigenvalue weighted by Crippen LogP contribution is 2.25. The van der Waals surface area contributed by atoms with Crippen LogP contribution in [0, 0.1) is 0 Å². The van der Waals surface area contributed by atoms with Gasteiger partial charge in [0.15, 0.2) is 0 Å². The number of nitrogens with one attached hydrogen (secondary N) is 2. The van der Waals surface area contributed by atoms with Gasteiger partial charge in [-0.15, -0.1) is 0 Å². The van der Waals surface area contributed by atoms with Crippen LogP contribution in [0.1, 0.15) is 18.9 Å². The Morgan fingerprint density at radius 1 is 0.973 bits per heavy atom. The Balaban J connectivity index is 1.53. The number of anilines is 1. The molecule has 0 fully saturated rings. The molecule has 2 N–H and O–H groups in total. The lowest BCUT2D eigenvalue weighted by Gasteiger charge is -2.08. The maximum Gasteiger partial charge on any atom is 0.329 e. The lowest BCUT2D eigenvalue weighted by atomic mass is 10.1. The van der Waals surface area contributed by atoms with Gasteiger partial charge in [0.2, 0.25) is 0 Å². The molecule has 0 saturated heterocycles. The van der Waals surface area contributed by atoms with Gasteiger partial charge < -0.3 is 14.8 Å². The second kappa shape index (κ2) is 12.2. The first-order valence-electron chi connectivity index (χ1n) is 11.7. The van der Waals surface area contributed by atoms with Crippen LogP contribution in [0.4, 0.5) is 5.69 Å². The lowest BCUT2D eigenvalue weighted by Crippen LogP contribution is -2.32. The van der Waals surface area contributed by atoms with Crippen LogP contribution in [0.25, 0.3) is 16.9 Å². The van der Waals surface area contributed by atoms with E-state index in [-0.39, 0.29) is 0 Å². The Morgan fingerprint density at radius 2 is 1.70 bits per heavy atom. The van der Waals surface area contributed by atoms with Crippen molar-refractivity contribution in [3.05, 3.63) is 90.6 Å². The van der Waals surface area contributed by atoms with Gasteiger partial charge in [-0.1, -0.05) is 37.3 Å². The van der Waals surface area contributed by atoms with Crippen molar-refractivity contribution in [2.75, 3.05) is 19.0 Å². The Labute approximate surface area is 214 Å². The fraction of sp³-hybridized carbons (Fsp3) is 0.143. The molecule has 188 valence electrons. The van der Waals surface area contributed by atoms with E-state index in [0.29, 0.717) is 29.3 Å². The van der Waals surface area contributed by atoms with Crippen molar-refractivity contribution >= 4 is 23.7 Å². The SMILES string of the molecule is CCCOc1ccc(-c2nn(-c3ccccc3)cc2C=NNC(=O)C(=O)Nc2ccccc2OC)cc1. The molecule has 3 aromatic carbocycles. The van der Waals surface area contributed by atoms with Gasteiger partial charge in [-0.3, -0.25) is 9.59 Å². The number of carbonyl (C=O) groups is 2. The molecule has 0 bridgehead atoms. The van der Waals surface area contributed by atoms with Crippen molar-refractivity contribution < 1.29 is 19.1 Å². The summed E-state index contributed by atoms with van der Waals surface area (Å²) in [5.41, 5.74) is 5.67. The summed E-state index contributed by atoms with van der Waals surface area (Å²) in [4.78, 5) is 24.7. The van der Waals surface area contributed by atoms with E-state index in [1.165, 1.54) is 13.3 Å². The lowest BCUT2D eigenvalue weighted by molar-refractivity contribution is -0.136. The molecule has 1 heterocycles. The molecule has 0 spiro atoms. The van der Waals surface area contributed by atoms with Gasteiger partial charge in [-0.25, -0.2) is 10.1 Å². The standard InChI is InChI=1S/C28H27N5O4/c1-3-17-37-23-15-13-20(14-16-23)26-21(19-33(32-26)22-9-5-4-6-10-22)18-29-31-28(35)27(34)30-24-11-7-8-12-25(24)36-2/h4-16,18-19H,3,17H2,1-2H3,(H,30,34)(H,31,35). The largest absolute Gasteiger partial charge is 0.495 e. The Kier molecular flexibility index (Phi) is 8.28. The molecule has 1 aromatic heterocycles. The molecular formula is C28H27N5O4. The first kappa shape index (κ1) is 25.2. The average Bonchev–Trinajstić information content (AvgIpc) is 3.37. The van der Waals surface area contributed by atoms with E-state index in [9.17, 15) is 9.59 Å². The predicted molar refractivity (Wildman–Crippen MR) is 142 cm³/mol. The number of benzene rings is 3. The van der Waals surface area contributed by atoms with Crippen LogP contribution in [0.2, 0.25) is 0 Å². The second-order valence-corrected chi connectivity index (χ2v) is 7.94. The highest BCUT2D eigenvalue weighted by Gasteiger charge is 2.16. The number of aromatic nitrogens is 2. The number of carbonyl (C=O) groups excluding carboxylic acids is 2. The monoisotopic (exact) mass is 497 g/mol. The highest BCUT2D eigenvalue weighted by atomic mass is 16.5. The van der Waals surface area contributed by atoms with Crippen LogP contribution < -0.4 is 20.2 Å². The number of rotatable bonds is 9. The molecule has 0 unspecified atom stereocenters. The molecule has 0 aliphatic heterocycles. The molecule has 4 aromatic rings. The summed E-state index contributed by atoms with van der Waals surface area (Å²) in [6.07, 6.45) is 4.18.